The van der Waals surface area contributed by atoms with Crippen molar-refractivity contribution >= 4 is 33.2 Å². The summed E-state index contributed by atoms with van der Waals surface area (Å²) in [4.78, 5) is 8.83. The molecule has 0 fully saturated rings. The van der Waals surface area contributed by atoms with Crippen LogP contribution in [0.5, 0.6) is 0 Å². The zero-order valence-corrected chi connectivity index (χ0v) is 17.8. The van der Waals surface area contributed by atoms with Crippen molar-refractivity contribution in [3.63, 3.8) is 0 Å². The highest BCUT2D eigenvalue weighted by atomic mass is 35.5. The maximum Gasteiger partial charge on any atom is 0.421 e. The minimum Gasteiger partial charge on any atom is -0.376 e. The number of hydrogen-bond donors (Lipinski definition) is 2. The van der Waals surface area contributed by atoms with Gasteiger partial charge in [-0.3, -0.25) is 4.98 Å². The van der Waals surface area contributed by atoms with Crippen LogP contribution in [0.4, 0.5) is 13.2 Å². The number of alkyl halides is 3. The van der Waals surface area contributed by atoms with Gasteiger partial charge in [0.25, 0.3) is 0 Å². The molecule has 2 aromatic carbocycles. The summed E-state index contributed by atoms with van der Waals surface area (Å²) in [6.07, 6.45) is -3.57. The van der Waals surface area contributed by atoms with Crippen LogP contribution in [0.1, 0.15) is 29.1 Å². The van der Waals surface area contributed by atoms with Crippen LogP contribution in [0, 0.1) is 0 Å². The molecule has 4 nitrogen and oxygen atoms in total. The molecule has 2 atom stereocenters. The van der Waals surface area contributed by atoms with E-state index >= 15 is 0 Å². The molecule has 0 aliphatic carbocycles. The Labute approximate surface area is 185 Å². The number of nitrogens with zero attached hydrogens (tertiary/aromatic N) is 2. The molecule has 0 aliphatic rings. The van der Waals surface area contributed by atoms with Crippen LogP contribution in [0.25, 0.3) is 21.5 Å². The highest BCUT2D eigenvalue weighted by Crippen LogP contribution is 2.41. The molecule has 9 heteroatoms. The van der Waals surface area contributed by atoms with Crippen molar-refractivity contribution in [3.8, 4) is 11.3 Å². The van der Waals surface area contributed by atoms with Gasteiger partial charge in [-0.2, -0.15) is 13.2 Å². The third kappa shape index (κ3) is 3.92. The molecule has 1 unspecified atom stereocenters. The average Bonchev–Trinajstić information content (AvgIpc) is 3.17. The second-order valence-electron chi connectivity index (χ2n) is 7.20. The largest absolute Gasteiger partial charge is 0.421 e. The molecular weight excluding hydrogens is 447 g/mol. The fourth-order valence-corrected chi connectivity index (χ4v) is 4.57. The van der Waals surface area contributed by atoms with E-state index in [1.807, 2.05) is 18.2 Å². The fraction of sp³-hybridized carbons (Fsp3) is 0.182. The van der Waals surface area contributed by atoms with Crippen molar-refractivity contribution in [1.29, 1.82) is 0 Å². The summed E-state index contributed by atoms with van der Waals surface area (Å²) in [6, 6.07) is 14.4. The Morgan fingerprint density at radius 1 is 1.10 bits per heavy atom. The van der Waals surface area contributed by atoms with Crippen LogP contribution in [0.3, 0.4) is 0 Å². The Hall–Kier alpha value is -2.52. The van der Waals surface area contributed by atoms with Crippen LogP contribution in [-0.4, -0.2) is 21.3 Å². The van der Waals surface area contributed by atoms with Gasteiger partial charge in [-0.05, 0) is 42.3 Å². The summed E-state index contributed by atoms with van der Waals surface area (Å²) in [5.74, 6) is 0. The standard InChI is InChI=1S/C22H17ClF3N3OS/c1-21(30,22(24,25)26)12-9-10-28-17(11-12)14-6-4-8-16-19(14)31-20(29-16)18(27)13-5-2-3-7-15(13)23/h2-11,18,30H,27H2,1H3/t18-,21?/m1/s1. The predicted molar refractivity (Wildman–Crippen MR) is 116 cm³/mol. The molecule has 4 aromatic rings. The van der Waals surface area contributed by atoms with Gasteiger partial charge < -0.3 is 10.8 Å². The van der Waals surface area contributed by atoms with Crippen LogP contribution < -0.4 is 5.73 Å². The summed E-state index contributed by atoms with van der Waals surface area (Å²) in [5.41, 5.74) is 5.38. The van der Waals surface area contributed by atoms with Gasteiger partial charge in [0.15, 0.2) is 5.60 Å². The molecule has 0 bridgehead atoms. The van der Waals surface area contributed by atoms with Crippen molar-refractivity contribution in [2.45, 2.75) is 24.7 Å². The van der Waals surface area contributed by atoms with Gasteiger partial charge in [0.1, 0.15) is 5.01 Å². The van der Waals surface area contributed by atoms with E-state index in [0.29, 0.717) is 26.8 Å². The topological polar surface area (TPSA) is 72.0 Å². The summed E-state index contributed by atoms with van der Waals surface area (Å²) < 4.78 is 40.6. The molecule has 0 amide bonds. The van der Waals surface area contributed by atoms with Crippen molar-refractivity contribution in [2.75, 3.05) is 0 Å². The van der Waals surface area contributed by atoms with E-state index in [4.69, 9.17) is 17.3 Å². The lowest BCUT2D eigenvalue weighted by Gasteiger charge is -2.26. The van der Waals surface area contributed by atoms with E-state index in [0.717, 1.165) is 23.3 Å². The molecule has 0 saturated heterocycles. The SMILES string of the molecule is CC(O)(c1ccnc(-c2cccc3nc([C@H](N)c4ccccc4Cl)sc23)c1)C(F)(F)F. The second kappa shape index (κ2) is 7.87. The van der Waals surface area contributed by atoms with Crippen LogP contribution in [0.15, 0.2) is 60.8 Å². The highest BCUT2D eigenvalue weighted by molar-refractivity contribution is 7.19. The number of benzene rings is 2. The number of nitrogens with two attached hydrogens (primary N) is 1. The molecule has 0 radical (unpaired) electrons. The lowest BCUT2D eigenvalue weighted by molar-refractivity contribution is -0.258. The minimum absolute atomic E-state index is 0.292. The molecule has 3 N–H and O–H groups in total. The van der Waals surface area contributed by atoms with Crippen molar-refractivity contribution in [1.82, 2.24) is 9.97 Å². The Morgan fingerprint density at radius 2 is 1.84 bits per heavy atom. The van der Waals surface area contributed by atoms with Crippen LogP contribution in [-0.2, 0) is 5.60 Å². The number of hydrogen-bond acceptors (Lipinski definition) is 5. The quantitative estimate of drug-likeness (QED) is 0.399. The number of halogens is 4. The van der Waals surface area contributed by atoms with Crippen LogP contribution in [0.2, 0.25) is 5.02 Å². The molecule has 0 spiro atoms. The second-order valence-corrected chi connectivity index (χ2v) is 8.64. The molecule has 2 heterocycles. The normalized spacial score (nSPS) is 15.1. The third-order valence-corrected chi connectivity index (χ3v) is 6.62. The number of pyridine rings is 1. The first-order valence-corrected chi connectivity index (χ1v) is 10.4. The summed E-state index contributed by atoms with van der Waals surface area (Å²) in [5, 5.41) is 11.2. The summed E-state index contributed by atoms with van der Waals surface area (Å²) in [7, 11) is 0. The van der Waals surface area contributed by atoms with Crippen molar-refractivity contribution < 1.29 is 18.3 Å². The van der Waals surface area contributed by atoms with E-state index in [9.17, 15) is 18.3 Å². The zero-order chi connectivity index (χ0) is 22.4. The van der Waals surface area contributed by atoms with Crippen LogP contribution >= 0.6 is 22.9 Å². The highest BCUT2D eigenvalue weighted by Gasteiger charge is 2.51. The van der Waals surface area contributed by atoms with Gasteiger partial charge in [-0.1, -0.05) is 41.9 Å². The van der Waals surface area contributed by atoms with Crippen molar-refractivity contribution in [2.24, 2.45) is 5.73 Å². The molecule has 160 valence electrons. The van der Waals surface area contributed by atoms with E-state index in [2.05, 4.69) is 9.97 Å². The van der Waals surface area contributed by atoms with Gasteiger partial charge in [0.05, 0.1) is 22.0 Å². The molecule has 2 aromatic heterocycles. The molecular formula is C22H17ClF3N3OS. The molecule has 0 aliphatic heterocycles. The third-order valence-electron chi connectivity index (χ3n) is 5.09. The number of rotatable bonds is 4. The lowest BCUT2D eigenvalue weighted by atomic mass is 9.94. The number of aliphatic hydroxyl groups is 1. The van der Waals surface area contributed by atoms with E-state index in [-0.39, 0.29) is 5.56 Å². The summed E-state index contributed by atoms with van der Waals surface area (Å²) >= 11 is 7.59. The minimum atomic E-state index is -4.82. The van der Waals surface area contributed by atoms with E-state index in [1.165, 1.54) is 23.6 Å². The maximum atomic E-state index is 13.3. The first kappa shape index (κ1) is 21.7. The van der Waals surface area contributed by atoms with Gasteiger partial charge in [0.2, 0.25) is 0 Å². The monoisotopic (exact) mass is 463 g/mol. The Balaban J connectivity index is 1.80. The zero-order valence-electron chi connectivity index (χ0n) is 16.2. The van der Waals surface area contributed by atoms with Crippen molar-refractivity contribution in [3.05, 3.63) is 82.0 Å². The smallest absolute Gasteiger partial charge is 0.376 e. The van der Waals surface area contributed by atoms with Gasteiger partial charge in [-0.25, -0.2) is 4.98 Å². The van der Waals surface area contributed by atoms with E-state index in [1.54, 1.807) is 24.3 Å². The van der Waals surface area contributed by atoms with Gasteiger partial charge in [0, 0.05) is 16.8 Å². The fourth-order valence-electron chi connectivity index (χ4n) is 3.21. The number of aromatic nitrogens is 2. The number of fused-ring (bicyclic) bond motifs is 1. The average molecular weight is 464 g/mol. The van der Waals surface area contributed by atoms with E-state index < -0.39 is 17.8 Å². The first-order valence-electron chi connectivity index (χ1n) is 9.25. The number of thiazole rings is 1. The predicted octanol–water partition coefficient (Wildman–Crippen LogP) is 5.83. The Bertz CT molecular complexity index is 1260. The van der Waals surface area contributed by atoms with Gasteiger partial charge in [-0.15, -0.1) is 11.3 Å². The first-order chi connectivity index (χ1) is 14.6. The summed E-state index contributed by atoms with van der Waals surface area (Å²) in [6.45, 7) is 0.722. The Kier molecular flexibility index (Phi) is 5.51. The lowest BCUT2D eigenvalue weighted by Crippen LogP contribution is -2.39. The molecule has 0 saturated carbocycles. The maximum absolute atomic E-state index is 13.3. The van der Waals surface area contributed by atoms with Gasteiger partial charge >= 0.3 is 6.18 Å². The Morgan fingerprint density at radius 3 is 2.55 bits per heavy atom. The molecule has 31 heavy (non-hydrogen) atoms. The molecule has 4 rings (SSSR count).